The first-order valence-corrected chi connectivity index (χ1v) is 8.08. The summed E-state index contributed by atoms with van der Waals surface area (Å²) in [6.45, 7) is 4.24. The maximum absolute atomic E-state index is 9.77. The molecule has 1 saturated heterocycles. The summed E-state index contributed by atoms with van der Waals surface area (Å²) >= 11 is 0. The molecule has 3 heteroatoms. The molecular weight excluding hydrogens is 238 g/mol. The summed E-state index contributed by atoms with van der Waals surface area (Å²) in [4.78, 5) is 2.49. The average molecular weight is 267 g/mol. The number of ether oxygens (including phenoxy) is 1. The molecule has 3 unspecified atom stereocenters. The van der Waals surface area contributed by atoms with Crippen molar-refractivity contribution < 1.29 is 9.84 Å². The third-order valence-corrected chi connectivity index (χ3v) is 5.92. The lowest BCUT2D eigenvalue weighted by Crippen LogP contribution is -2.44. The van der Waals surface area contributed by atoms with Crippen molar-refractivity contribution in [2.45, 2.75) is 38.5 Å². The van der Waals surface area contributed by atoms with Crippen LogP contribution in [0.3, 0.4) is 0 Å². The number of aliphatic hydroxyl groups excluding tert-OH is 1. The highest BCUT2D eigenvalue weighted by Gasteiger charge is 2.40. The van der Waals surface area contributed by atoms with Crippen molar-refractivity contribution in [1.82, 2.24) is 4.90 Å². The molecular formula is C16H29NO2. The summed E-state index contributed by atoms with van der Waals surface area (Å²) in [7, 11) is 2.25. The lowest BCUT2D eigenvalue weighted by atomic mass is 9.80. The highest BCUT2D eigenvalue weighted by atomic mass is 16.5. The quantitative estimate of drug-likeness (QED) is 0.828. The second kappa shape index (κ2) is 5.71. The van der Waals surface area contributed by atoms with Crippen LogP contribution in [0.1, 0.15) is 38.5 Å². The minimum Gasteiger partial charge on any atom is -0.396 e. The molecule has 3 nitrogen and oxygen atoms in total. The van der Waals surface area contributed by atoms with Crippen LogP contribution < -0.4 is 0 Å². The van der Waals surface area contributed by atoms with E-state index in [-0.39, 0.29) is 5.41 Å². The van der Waals surface area contributed by atoms with E-state index in [1.807, 2.05) is 0 Å². The smallest absolute Gasteiger partial charge is 0.0501 e. The topological polar surface area (TPSA) is 32.7 Å². The fourth-order valence-electron chi connectivity index (χ4n) is 4.81. The average Bonchev–Trinajstić information content (AvgIpc) is 3.02. The lowest BCUT2D eigenvalue weighted by molar-refractivity contribution is -0.0332. The number of nitrogens with zero attached hydrogens (tertiary/aromatic N) is 1. The second-order valence-corrected chi connectivity index (χ2v) is 7.40. The molecule has 0 amide bonds. The molecule has 3 aliphatic rings. The van der Waals surface area contributed by atoms with E-state index in [2.05, 4.69) is 11.9 Å². The van der Waals surface area contributed by atoms with Crippen LogP contribution in [0.15, 0.2) is 0 Å². The maximum Gasteiger partial charge on any atom is 0.0501 e. The van der Waals surface area contributed by atoms with Crippen molar-refractivity contribution in [3.8, 4) is 0 Å². The summed E-state index contributed by atoms with van der Waals surface area (Å²) in [6.07, 6.45) is 7.96. The minimum atomic E-state index is 0.102. The second-order valence-electron chi connectivity index (χ2n) is 7.40. The Bertz CT molecular complexity index is 301. The number of hydrogen-bond donors (Lipinski definition) is 1. The molecule has 3 rings (SSSR count). The Morgan fingerprint density at radius 1 is 1.21 bits per heavy atom. The number of rotatable bonds is 5. The molecule has 19 heavy (non-hydrogen) atoms. The van der Waals surface area contributed by atoms with Gasteiger partial charge in [-0.25, -0.2) is 0 Å². The van der Waals surface area contributed by atoms with E-state index in [4.69, 9.17) is 4.74 Å². The van der Waals surface area contributed by atoms with Gasteiger partial charge < -0.3 is 14.7 Å². The van der Waals surface area contributed by atoms with E-state index in [0.29, 0.717) is 6.61 Å². The molecule has 3 fully saturated rings. The highest BCUT2D eigenvalue weighted by Crippen LogP contribution is 2.48. The van der Waals surface area contributed by atoms with Gasteiger partial charge >= 0.3 is 0 Å². The number of hydrogen-bond acceptors (Lipinski definition) is 3. The van der Waals surface area contributed by atoms with Crippen LogP contribution in [0, 0.1) is 23.2 Å². The van der Waals surface area contributed by atoms with E-state index in [1.54, 1.807) is 0 Å². The van der Waals surface area contributed by atoms with Crippen molar-refractivity contribution in [3.63, 3.8) is 0 Å². The van der Waals surface area contributed by atoms with Crippen molar-refractivity contribution >= 4 is 0 Å². The Labute approximate surface area is 117 Å². The van der Waals surface area contributed by atoms with Gasteiger partial charge in [0, 0.05) is 31.7 Å². The molecule has 2 aliphatic carbocycles. The largest absolute Gasteiger partial charge is 0.396 e. The Balaban J connectivity index is 1.51. The molecule has 1 heterocycles. The summed E-state index contributed by atoms with van der Waals surface area (Å²) in [5, 5.41) is 9.77. The molecule has 0 spiro atoms. The summed E-state index contributed by atoms with van der Waals surface area (Å²) in [5.74, 6) is 2.98. The molecule has 0 aromatic carbocycles. The van der Waals surface area contributed by atoms with Crippen molar-refractivity contribution in [1.29, 1.82) is 0 Å². The van der Waals surface area contributed by atoms with Gasteiger partial charge in [0.2, 0.25) is 0 Å². The van der Waals surface area contributed by atoms with Crippen molar-refractivity contribution in [3.05, 3.63) is 0 Å². The van der Waals surface area contributed by atoms with E-state index in [9.17, 15) is 5.11 Å². The van der Waals surface area contributed by atoms with Gasteiger partial charge in [0.25, 0.3) is 0 Å². The standard InChI is InChI=1S/C16H29NO2/c1-17(10-15-9-13-2-3-14(15)8-13)11-16(12-18)4-6-19-7-5-16/h13-15,18H,2-12H2,1H3. The van der Waals surface area contributed by atoms with Gasteiger partial charge in [-0.05, 0) is 56.9 Å². The highest BCUT2D eigenvalue weighted by molar-refractivity contribution is 4.92. The van der Waals surface area contributed by atoms with Crippen LogP contribution in [0.2, 0.25) is 0 Å². The molecule has 3 atom stereocenters. The molecule has 0 aromatic heterocycles. The van der Waals surface area contributed by atoms with Crippen LogP contribution in [-0.2, 0) is 4.74 Å². The zero-order chi connectivity index (χ0) is 13.3. The third kappa shape index (κ3) is 2.98. The van der Waals surface area contributed by atoms with Crippen LogP contribution in [0.5, 0.6) is 0 Å². The Morgan fingerprint density at radius 3 is 2.58 bits per heavy atom. The van der Waals surface area contributed by atoms with Gasteiger partial charge in [-0.2, -0.15) is 0 Å². The first-order chi connectivity index (χ1) is 9.21. The normalized spacial score (nSPS) is 37.1. The van der Waals surface area contributed by atoms with E-state index < -0.39 is 0 Å². The Morgan fingerprint density at radius 2 is 2.00 bits per heavy atom. The predicted molar refractivity (Wildman–Crippen MR) is 76.0 cm³/mol. The van der Waals surface area contributed by atoms with Gasteiger partial charge in [-0.1, -0.05) is 6.42 Å². The number of fused-ring (bicyclic) bond motifs is 2. The SMILES string of the molecule is CN(CC1CC2CCC1C2)CC1(CO)CCOCC1. The van der Waals surface area contributed by atoms with Gasteiger partial charge in [0.05, 0.1) is 6.61 Å². The zero-order valence-corrected chi connectivity index (χ0v) is 12.3. The Hall–Kier alpha value is -0.120. The molecule has 110 valence electrons. The van der Waals surface area contributed by atoms with E-state index >= 15 is 0 Å². The fraction of sp³-hybridized carbons (Fsp3) is 1.00. The Kier molecular flexibility index (Phi) is 4.16. The molecule has 2 bridgehead atoms. The summed E-state index contributed by atoms with van der Waals surface area (Å²) < 4.78 is 5.45. The van der Waals surface area contributed by atoms with Gasteiger partial charge in [0.15, 0.2) is 0 Å². The first-order valence-electron chi connectivity index (χ1n) is 8.08. The van der Waals surface area contributed by atoms with E-state index in [1.165, 1.54) is 32.2 Å². The van der Waals surface area contributed by atoms with Gasteiger partial charge in [-0.15, -0.1) is 0 Å². The van der Waals surface area contributed by atoms with Gasteiger partial charge in [0.1, 0.15) is 0 Å². The van der Waals surface area contributed by atoms with Crippen LogP contribution in [0.25, 0.3) is 0 Å². The van der Waals surface area contributed by atoms with Crippen molar-refractivity contribution in [2.24, 2.45) is 23.2 Å². The minimum absolute atomic E-state index is 0.102. The summed E-state index contributed by atoms with van der Waals surface area (Å²) in [6, 6.07) is 0. The molecule has 0 aromatic rings. The molecule has 2 saturated carbocycles. The first kappa shape index (κ1) is 13.8. The van der Waals surface area contributed by atoms with Crippen LogP contribution >= 0.6 is 0 Å². The van der Waals surface area contributed by atoms with Crippen LogP contribution in [0.4, 0.5) is 0 Å². The van der Waals surface area contributed by atoms with Crippen molar-refractivity contribution in [2.75, 3.05) is 40.0 Å². The molecule has 1 aliphatic heterocycles. The van der Waals surface area contributed by atoms with Crippen LogP contribution in [-0.4, -0.2) is 50.0 Å². The number of aliphatic hydroxyl groups is 1. The third-order valence-electron chi connectivity index (χ3n) is 5.92. The predicted octanol–water partition coefficient (Wildman–Crippen LogP) is 2.14. The monoisotopic (exact) mass is 267 g/mol. The fourth-order valence-corrected chi connectivity index (χ4v) is 4.81. The maximum atomic E-state index is 9.77. The molecule has 1 N–H and O–H groups in total. The van der Waals surface area contributed by atoms with Gasteiger partial charge in [-0.3, -0.25) is 0 Å². The summed E-state index contributed by atoms with van der Waals surface area (Å²) in [5.41, 5.74) is 0.102. The van der Waals surface area contributed by atoms with E-state index in [0.717, 1.165) is 50.4 Å². The lowest BCUT2D eigenvalue weighted by Gasteiger charge is -2.39. The zero-order valence-electron chi connectivity index (χ0n) is 12.3. The molecule has 0 radical (unpaired) electrons.